The van der Waals surface area contributed by atoms with Gasteiger partial charge in [0.2, 0.25) is 0 Å². The molecule has 7 nitrogen and oxygen atoms in total. The van der Waals surface area contributed by atoms with E-state index in [9.17, 15) is 14.4 Å². The predicted octanol–water partition coefficient (Wildman–Crippen LogP) is 2.51. The molecule has 8 heteroatoms. The molecule has 0 bridgehead atoms. The number of benzene rings is 1. The molecule has 1 aromatic heterocycles. The van der Waals surface area contributed by atoms with Crippen molar-refractivity contribution in [3.63, 3.8) is 0 Å². The van der Waals surface area contributed by atoms with Crippen molar-refractivity contribution in [1.29, 1.82) is 0 Å². The number of rotatable bonds is 6. The Bertz CT molecular complexity index is 759. The van der Waals surface area contributed by atoms with Crippen LogP contribution in [0.25, 0.3) is 10.6 Å². The minimum Gasteiger partial charge on any atom is -0.451 e. The zero-order chi connectivity index (χ0) is 18.2. The molecule has 0 saturated carbocycles. The van der Waals surface area contributed by atoms with E-state index in [-0.39, 0.29) is 0 Å². The van der Waals surface area contributed by atoms with Crippen LogP contribution in [0.4, 0.5) is 4.79 Å². The van der Waals surface area contributed by atoms with Crippen LogP contribution < -0.4 is 10.6 Å². The molecule has 1 heterocycles. The number of amides is 3. The highest BCUT2D eigenvalue weighted by atomic mass is 32.1. The molecule has 0 unspecified atom stereocenters. The molecule has 0 fully saturated rings. The number of nitrogens with one attached hydrogen (secondary N) is 2. The number of esters is 1. The second kappa shape index (κ2) is 8.93. The van der Waals surface area contributed by atoms with Gasteiger partial charge in [0.05, 0.1) is 5.69 Å². The molecule has 2 aromatic rings. The molecule has 3 amide bonds. The summed E-state index contributed by atoms with van der Waals surface area (Å²) in [7, 11) is 0. The smallest absolute Gasteiger partial charge is 0.350 e. The van der Waals surface area contributed by atoms with Crippen molar-refractivity contribution in [3.05, 3.63) is 40.9 Å². The van der Waals surface area contributed by atoms with Crippen LogP contribution in [0, 0.1) is 6.92 Å². The van der Waals surface area contributed by atoms with E-state index in [0.29, 0.717) is 22.1 Å². The lowest BCUT2D eigenvalue weighted by molar-refractivity contribution is -0.123. The van der Waals surface area contributed by atoms with Gasteiger partial charge in [0, 0.05) is 12.1 Å². The third-order valence-electron chi connectivity index (χ3n) is 3.13. The first kappa shape index (κ1) is 18.6. The fourth-order valence-electron chi connectivity index (χ4n) is 1.93. The van der Waals surface area contributed by atoms with Crippen LogP contribution in [0.2, 0.25) is 0 Å². The molecule has 0 aliphatic carbocycles. The molecule has 25 heavy (non-hydrogen) atoms. The van der Waals surface area contributed by atoms with Crippen molar-refractivity contribution in [1.82, 2.24) is 15.6 Å². The van der Waals surface area contributed by atoms with Gasteiger partial charge in [0.1, 0.15) is 9.88 Å². The van der Waals surface area contributed by atoms with Crippen LogP contribution in [0.5, 0.6) is 0 Å². The number of hydrogen-bond acceptors (Lipinski definition) is 6. The maximum Gasteiger partial charge on any atom is 0.350 e. The Hall–Kier alpha value is -2.74. The third kappa shape index (κ3) is 5.39. The lowest BCUT2D eigenvalue weighted by Gasteiger charge is -2.06. The molecular weight excluding hydrogens is 342 g/mol. The van der Waals surface area contributed by atoms with Gasteiger partial charge in [0.15, 0.2) is 6.61 Å². The van der Waals surface area contributed by atoms with Crippen molar-refractivity contribution in [2.24, 2.45) is 0 Å². The van der Waals surface area contributed by atoms with Gasteiger partial charge >= 0.3 is 12.0 Å². The number of urea groups is 1. The van der Waals surface area contributed by atoms with E-state index >= 15 is 0 Å². The van der Waals surface area contributed by atoms with Gasteiger partial charge in [-0.3, -0.25) is 10.1 Å². The van der Waals surface area contributed by atoms with E-state index in [1.807, 2.05) is 37.3 Å². The minimum absolute atomic E-state index is 0.335. The quantitative estimate of drug-likeness (QED) is 0.771. The summed E-state index contributed by atoms with van der Waals surface area (Å²) in [6.07, 6.45) is 0.755. The molecular formula is C17H19N3O4S. The number of ether oxygens (including phenoxy) is 1. The summed E-state index contributed by atoms with van der Waals surface area (Å²) >= 11 is 1.20. The van der Waals surface area contributed by atoms with Gasteiger partial charge in [-0.25, -0.2) is 14.6 Å². The van der Waals surface area contributed by atoms with Crippen molar-refractivity contribution in [2.75, 3.05) is 13.2 Å². The largest absolute Gasteiger partial charge is 0.451 e. The highest BCUT2D eigenvalue weighted by Crippen LogP contribution is 2.28. The lowest BCUT2D eigenvalue weighted by atomic mass is 10.2. The number of aryl methyl sites for hydroxylation is 1. The zero-order valence-electron chi connectivity index (χ0n) is 14.0. The summed E-state index contributed by atoms with van der Waals surface area (Å²) in [6.45, 7) is 3.53. The number of aromatic nitrogens is 1. The average molecular weight is 361 g/mol. The number of carbonyl (C=O) groups excluding carboxylic acids is 3. The number of imide groups is 1. The number of thiazole rings is 1. The van der Waals surface area contributed by atoms with E-state index < -0.39 is 24.5 Å². The van der Waals surface area contributed by atoms with E-state index in [0.717, 1.165) is 12.0 Å². The maximum atomic E-state index is 12.1. The van der Waals surface area contributed by atoms with Crippen molar-refractivity contribution in [2.45, 2.75) is 20.3 Å². The van der Waals surface area contributed by atoms with Crippen LogP contribution in [0.15, 0.2) is 30.3 Å². The van der Waals surface area contributed by atoms with Crippen molar-refractivity contribution >= 4 is 29.2 Å². The third-order valence-corrected chi connectivity index (χ3v) is 4.31. The first-order valence-corrected chi connectivity index (χ1v) is 8.60. The molecule has 0 radical (unpaired) electrons. The minimum atomic E-state index is -0.688. The highest BCUT2D eigenvalue weighted by molar-refractivity contribution is 7.17. The van der Waals surface area contributed by atoms with Gasteiger partial charge < -0.3 is 10.1 Å². The van der Waals surface area contributed by atoms with Gasteiger partial charge in [0.25, 0.3) is 5.91 Å². The first-order valence-electron chi connectivity index (χ1n) is 7.79. The molecule has 2 N–H and O–H groups in total. The number of hydrogen-bond donors (Lipinski definition) is 2. The van der Waals surface area contributed by atoms with Crippen LogP contribution in [-0.2, 0) is 9.53 Å². The predicted molar refractivity (Wildman–Crippen MR) is 94.4 cm³/mol. The molecule has 0 aliphatic rings. The summed E-state index contributed by atoms with van der Waals surface area (Å²) in [6, 6.07) is 8.86. The fraction of sp³-hybridized carbons (Fsp3) is 0.294. The van der Waals surface area contributed by atoms with Crippen molar-refractivity contribution in [3.8, 4) is 10.6 Å². The highest BCUT2D eigenvalue weighted by Gasteiger charge is 2.19. The van der Waals surface area contributed by atoms with Crippen LogP contribution in [-0.4, -0.2) is 36.0 Å². The second-order valence-electron chi connectivity index (χ2n) is 5.18. The normalized spacial score (nSPS) is 10.2. The fourth-order valence-corrected chi connectivity index (χ4v) is 2.90. The van der Waals surface area contributed by atoms with E-state index in [1.165, 1.54) is 11.3 Å². The Labute approximate surface area is 149 Å². The first-order chi connectivity index (χ1) is 12.0. The Morgan fingerprint density at radius 2 is 1.92 bits per heavy atom. The van der Waals surface area contributed by atoms with Crippen LogP contribution in [0.3, 0.4) is 0 Å². The topological polar surface area (TPSA) is 97.4 Å². The summed E-state index contributed by atoms with van der Waals surface area (Å²) in [5, 5.41) is 5.28. The van der Waals surface area contributed by atoms with Crippen LogP contribution >= 0.6 is 11.3 Å². The molecule has 1 aromatic carbocycles. The Kier molecular flexibility index (Phi) is 6.64. The molecule has 2 rings (SSSR count). The number of carbonyl (C=O) groups is 3. The standard InChI is InChI=1S/C17H19N3O4S/c1-3-9-18-17(23)20-13(21)10-24-16(22)14-11(2)19-15(25-14)12-7-5-4-6-8-12/h4-8H,3,9-10H2,1-2H3,(H2,18,20,21,23). The van der Waals surface area contributed by atoms with Gasteiger partial charge in [-0.05, 0) is 13.3 Å². The Balaban J connectivity index is 1.92. The zero-order valence-corrected chi connectivity index (χ0v) is 14.8. The SMILES string of the molecule is CCCNC(=O)NC(=O)COC(=O)c1sc(-c2ccccc2)nc1C. The summed E-state index contributed by atoms with van der Waals surface area (Å²) in [4.78, 5) is 39.8. The van der Waals surface area contributed by atoms with Gasteiger partial charge in [-0.1, -0.05) is 37.3 Å². The Morgan fingerprint density at radius 3 is 2.60 bits per heavy atom. The summed E-state index contributed by atoms with van der Waals surface area (Å²) in [5.41, 5.74) is 1.44. The van der Waals surface area contributed by atoms with E-state index in [2.05, 4.69) is 15.6 Å². The van der Waals surface area contributed by atoms with E-state index in [4.69, 9.17) is 4.74 Å². The summed E-state index contributed by atoms with van der Waals surface area (Å²) < 4.78 is 4.96. The molecule has 0 spiro atoms. The molecule has 0 aliphatic heterocycles. The lowest BCUT2D eigenvalue weighted by Crippen LogP contribution is -2.41. The van der Waals surface area contributed by atoms with E-state index in [1.54, 1.807) is 6.92 Å². The molecule has 0 atom stereocenters. The summed E-state index contributed by atoms with van der Waals surface area (Å²) in [5.74, 6) is -1.33. The monoisotopic (exact) mass is 361 g/mol. The van der Waals surface area contributed by atoms with Gasteiger partial charge in [-0.15, -0.1) is 11.3 Å². The van der Waals surface area contributed by atoms with Crippen molar-refractivity contribution < 1.29 is 19.1 Å². The van der Waals surface area contributed by atoms with Crippen LogP contribution in [0.1, 0.15) is 28.7 Å². The maximum absolute atomic E-state index is 12.1. The number of nitrogens with zero attached hydrogens (tertiary/aromatic N) is 1. The van der Waals surface area contributed by atoms with Gasteiger partial charge in [-0.2, -0.15) is 0 Å². The second-order valence-corrected chi connectivity index (χ2v) is 6.18. The Morgan fingerprint density at radius 1 is 1.20 bits per heavy atom. The average Bonchev–Trinajstić information content (AvgIpc) is 3.00. The molecule has 132 valence electrons. The molecule has 0 saturated heterocycles.